The van der Waals surface area contributed by atoms with Crippen LogP contribution in [-0.4, -0.2) is 90.6 Å². The van der Waals surface area contributed by atoms with E-state index in [1.807, 2.05) is 30.3 Å². The van der Waals surface area contributed by atoms with E-state index in [0.29, 0.717) is 32.5 Å². The Labute approximate surface area is 180 Å². The summed E-state index contributed by atoms with van der Waals surface area (Å²) in [5.74, 6) is -1.17. The van der Waals surface area contributed by atoms with E-state index in [9.17, 15) is 19.2 Å². The fourth-order valence-electron chi connectivity index (χ4n) is 4.09. The zero-order valence-corrected chi connectivity index (χ0v) is 17.6. The Bertz CT molecular complexity index is 822. The molecule has 0 saturated carbocycles. The number of piperidine rings is 1. The van der Waals surface area contributed by atoms with Crippen molar-refractivity contribution in [3.05, 3.63) is 35.9 Å². The fraction of sp³-hybridized carbons (Fsp3) is 0.524. The van der Waals surface area contributed by atoms with E-state index in [0.717, 1.165) is 5.56 Å². The molecule has 1 aromatic carbocycles. The molecule has 1 spiro atoms. The molecule has 0 aromatic heterocycles. The van der Waals surface area contributed by atoms with Gasteiger partial charge < -0.3 is 25.0 Å². The number of likely N-dealkylation sites (tertiary alicyclic amines) is 1. The molecule has 2 fully saturated rings. The maximum absolute atomic E-state index is 13.4. The summed E-state index contributed by atoms with van der Waals surface area (Å²) in [5.41, 5.74) is 4.94. The molecule has 1 aromatic rings. The van der Waals surface area contributed by atoms with Gasteiger partial charge >= 0.3 is 6.03 Å². The lowest BCUT2D eigenvalue weighted by Crippen LogP contribution is -2.57. The number of nitrogens with zero attached hydrogens (tertiary/aromatic N) is 3. The topological polar surface area (TPSA) is 122 Å². The Morgan fingerprint density at radius 1 is 1.10 bits per heavy atom. The number of urea groups is 1. The lowest BCUT2D eigenvalue weighted by atomic mass is 9.85. The van der Waals surface area contributed by atoms with Gasteiger partial charge in [-0.1, -0.05) is 30.3 Å². The third kappa shape index (κ3) is 4.86. The van der Waals surface area contributed by atoms with Crippen molar-refractivity contribution < 1.29 is 28.7 Å². The smallest absolute Gasteiger partial charge is 0.328 e. The van der Waals surface area contributed by atoms with Crippen molar-refractivity contribution in [1.82, 2.24) is 14.7 Å². The Morgan fingerprint density at radius 3 is 2.39 bits per heavy atom. The molecule has 0 atom stereocenters. The van der Waals surface area contributed by atoms with E-state index in [4.69, 9.17) is 15.2 Å². The van der Waals surface area contributed by atoms with Gasteiger partial charge in [0.05, 0.1) is 13.2 Å². The molecule has 2 aliphatic heterocycles. The molecule has 0 bridgehead atoms. The minimum absolute atomic E-state index is 0.185. The van der Waals surface area contributed by atoms with E-state index in [2.05, 4.69) is 0 Å². The Kier molecular flexibility index (Phi) is 7.24. The molecule has 0 unspecified atom stereocenters. The van der Waals surface area contributed by atoms with E-state index in [1.165, 1.54) is 12.0 Å². The number of nitrogens with two attached hydrogens (primary N) is 1. The molecule has 10 nitrogen and oxygen atoms in total. The van der Waals surface area contributed by atoms with Crippen molar-refractivity contribution >= 4 is 23.8 Å². The number of hydrogen-bond donors (Lipinski definition) is 1. The van der Waals surface area contributed by atoms with Crippen LogP contribution in [0.5, 0.6) is 0 Å². The van der Waals surface area contributed by atoms with Crippen LogP contribution in [0.2, 0.25) is 0 Å². The van der Waals surface area contributed by atoms with Gasteiger partial charge in [0.25, 0.3) is 5.91 Å². The molecule has 0 radical (unpaired) electrons. The zero-order chi connectivity index (χ0) is 22.4. The first-order chi connectivity index (χ1) is 14.9. The van der Waals surface area contributed by atoms with Crippen molar-refractivity contribution in [1.29, 1.82) is 0 Å². The standard InChI is InChI=1S/C21H28N4O6/c1-30-12-11-24-19(28)21(25(20(24)29)13-16-5-3-2-4-6-16)7-9-23(10-8-21)18(27)15-31-14-17(22)26/h2-6H,7-15H2,1H3,(H2,22,26). The van der Waals surface area contributed by atoms with E-state index >= 15 is 0 Å². The molecule has 2 aliphatic rings. The van der Waals surface area contributed by atoms with Gasteiger partial charge in [0, 0.05) is 26.7 Å². The van der Waals surface area contributed by atoms with Crippen LogP contribution in [0.3, 0.4) is 0 Å². The van der Waals surface area contributed by atoms with E-state index in [-0.39, 0.29) is 44.2 Å². The maximum Gasteiger partial charge on any atom is 0.328 e. The number of ether oxygens (including phenoxy) is 2. The summed E-state index contributed by atoms with van der Waals surface area (Å²) in [4.78, 5) is 54.1. The van der Waals surface area contributed by atoms with Crippen LogP contribution in [0.4, 0.5) is 4.79 Å². The Morgan fingerprint density at radius 2 is 1.77 bits per heavy atom. The van der Waals surface area contributed by atoms with E-state index < -0.39 is 11.4 Å². The van der Waals surface area contributed by atoms with Crippen molar-refractivity contribution in [2.75, 3.05) is 46.6 Å². The Hall–Kier alpha value is -2.98. The predicted molar refractivity (Wildman–Crippen MR) is 110 cm³/mol. The van der Waals surface area contributed by atoms with Gasteiger partial charge in [-0.15, -0.1) is 0 Å². The van der Waals surface area contributed by atoms with Gasteiger partial charge in [0.1, 0.15) is 18.8 Å². The lowest BCUT2D eigenvalue weighted by molar-refractivity contribution is -0.144. The third-order valence-corrected chi connectivity index (χ3v) is 5.74. The maximum atomic E-state index is 13.4. The van der Waals surface area contributed by atoms with Gasteiger partial charge in [0.15, 0.2) is 0 Å². The molecule has 31 heavy (non-hydrogen) atoms. The van der Waals surface area contributed by atoms with Crippen molar-refractivity contribution in [3.8, 4) is 0 Å². The summed E-state index contributed by atoms with van der Waals surface area (Å²) in [7, 11) is 1.52. The second kappa shape index (κ2) is 9.88. The minimum atomic E-state index is -0.995. The second-order valence-corrected chi connectivity index (χ2v) is 7.68. The van der Waals surface area contributed by atoms with Crippen LogP contribution in [0.15, 0.2) is 30.3 Å². The number of carbonyl (C=O) groups excluding carboxylic acids is 4. The van der Waals surface area contributed by atoms with Crippen LogP contribution in [0.1, 0.15) is 18.4 Å². The number of amides is 5. The van der Waals surface area contributed by atoms with Crippen LogP contribution < -0.4 is 5.73 Å². The van der Waals surface area contributed by atoms with Crippen LogP contribution in [0.25, 0.3) is 0 Å². The van der Waals surface area contributed by atoms with Gasteiger partial charge in [-0.05, 0) is 18.4 Å². The number of methoxy groups -OCH3 is 1. The first kappa shape index (κ1) is 22.7. The van der Waals surface area contributed by atoms with Crippen LogP contribution in [0, 0.1) is 0 Å². The molecular formula is C21H28N4O6. The highest BCUT2D eigenvalue weighted by atomic mass is 16.5. The summed E-state index contributed by atoms with van der Waals surface area (Å²) in [6.07, 6.45) is 0.658. The minimum Gasteiger partial charge on any atom is -0.383 e. The van der Waals surface area contributed by atoms with Crippen molar-refractivity contribution in [2.45, 2.75) is 24.9 Å². The molecule has 168 valence electrons. The predicted octanol–water partition coefficient (Wildman–Crippen LogP) is -0.0397. The number of rotatable bonds is 9. The lowest BCUT2D eigenvalue weighted by Gasteiger charge is -2.42. The number of carbonyl (C=O) groups is 4. The molecule has 2 saturated heterocycles. The van der Waals surface area contributed by atoms with Gasteiger partial charge in [-0.25, -0.2) is 4.79 Å². The summed E-state index contributed by atoms with van der Waals surface area (Å²) >= 11 is 0. The SMILES string of the molecule is COCCN1C(=O)N(Cc2ccccc2)C2(CCN(C(=O)COCC(N)=O)CC2)C1=O. The molecule has 10 heteroatoms. The summed E-state index contributed by atoms with van der Waals surface area (Å²) < 4.78 is 10.1. The average Bonchev–Trinajstić information content (AvgIpc) is 2.94. The zero-order valence-electron chi connectivity index (χ0n) is 17.6. The highest BCUT2D eigenvalue weighted by Gasteiger charge is 2.57. The molecule has 2 heterocycles. The molecule has 2 N–H and O–H groups in total. The number of primary amides is 1. The first-order valence-corrected chi connectivity index (χ1v) is 10.2. The highest BCUT2D eigenvalue weighted by Crippen LogP contribution is 2.38. The average molecular weight is 432 g/mol. The molecule has 5 amide bonds. The van der Waals surface area contributed by atoms with Crippen LogP contribution >= 0.6 is 0 Å². The number of hydrogen-bond acceptors (Lipinski definition) is 6. The number of imide groups is 1. The number of benzene rings is 1. The Balaban J connectivity index is 1.74. The fourth-order valence-corrected chi connectivity index (χ4v) is 4.09. The van der Waals surface area contributed by atoms with Crippen molar-refractivity contribution in [3.63, 3.8) is 0 Å². The molecule has 0 aliphatic carbocycles. The quantitative estimate of drug-likeness (QED) is 0.547. The van der Waals surface area contributed by atoms with Crippen molar-refractivity contribution in [2.24, 2.45) is 5.73 Å². The third-order valence-electron chi connectivity index (χ3n) is 5.74. The monoisotopic (exact) mass is 432 g/mol. The summed E-state index contributed by atoms with van der Waals surface area (Å²) in [6.45, 7) is 0.790. The summed E-state index contributed by atoms with van der Waals surface area (Å²) in [6, 6.07) is 9.16. The van der Waals surface area contributed by atoms with Gasteiger partial charge in [-0.2, -0.15) is 0 Å². The summed E-state index contributed by atoms with van der Waals surface area (Å²) in [5, 5.41) is 0. The highest BCUT2D eigenvalue weighted by molar-refractivity contribution is 6.07. The van der Waals surface area contributed by atoms with Gasteiger partial charge in [0.2, 0.25) is 11.8 Å². The largest absolute Gasteiger partial charge is 0.383 e. The second-order valence-electron chi connectivity index (χ2n) is 7.68. The molecular weight excluding hydrogens is 404 g/mol. The van der Waals surface area contributed by atoms with E-state index in [1.54, 1.807) is 9.80 Å². The normalized spacial score (nSPS) is 18.2. The first-order valence-electron chi connectivity index (χ1n) is 10.2. The van der Waals surface area contributed by atoms with Gasteiger partial charge in [-0.3, -0.25) is 19.3 Å². The van der Waals surface area contributed by atoms with Crippen LogP contribution in [-0.2, 0) is 30.4 Å². The molecule has 3 rings (SSSR count).